The third-order valence-corrected chi connectivity index (χ3v) is 5.06. The van der Waals surface area contributed by atoms with Crippen LogP contribution in [0.25, 0.3) is 21.6 Å². The van der Waals surface area contributed by atoms with Crippen molar-refractivity contribution in [3.05, 3.63) is 57.0 Å². The van der Waals surface area contributed by atoms with Crippen molar-refractivity contribution in [2.75, 3.05) is 13.7 Å². The van der Waals surface area contributed by atoms with Crippen molar-refractivity contribution in [1.82, 2.24) is 0 Å². The lowest BCUT2D eigenvalue weighted by Crippen LogP contribution is -2.29. The van der Waals surface area contributed by atoms with Crippen LogP contribution in [-0.4, -0.2) is 25.3 Å². The third kappa shape index (κ3) is 6.07. The zero-order valence-electron chi connectivity index (χ0n) is 20.6. The second-order valence-corrected chi connectivity index (χ2v) is 8.62. The van der Waals surface area contributed by atoms with Gasteiger partial charge in [-0.05, 0) is 76.3 Å². The van der Waals surface area contributed by atoms with E-state index in [0.717, 1.165) is 16.7 Å². The second-order valence-electron chi connectivity index (χ2n) is 8.62. The van der Waals surface area contributed by atoms with E-state index in [2.05, 4.69) is 21.9 Å². The van der Waals surface area contributed by atoms with E-state index in [1.165, 1.54) is 7.11 Å². The molecule has 33 heavy (non-hydrogen) atoms. The molecule has 0 saturated carbocycles. The van der Waals surface area contributed by atoms with E-state index < -0.39 is 17.7 Å². The van der Waals surface area contributed by atoms with Gasteiger partial charge in [-0.2, -0.15) is 0 Å². The molecule has 0 aliphatic heterocycles. The number of rotatable bonds is 7. The Morgan fingerprint density at radius 1 is 1.15 bits per heavy atom. The van der Waals surface area contributed by atoms with Crippen molar-refractivity contribution in [2.24, 2.45) is 5.11 Å². The van der Waals surface area contributed by atoms with Gasteiger partial charge in [0.15, 0.2) is 6.10 Å². The van der Waals surface area contributed by atoms with Crippen LogP contribution in [-0.2, 0) is 14.3 Å². The lowest BCUT2D eigenvalue weighted by atomic mass is 9.86. The number of carbonyl (C=O) groups is 1. The summed E-state index contributed by atoms with van der Waals surface area (Å²) in [5, 5.41) is 3.92. The number of nitrogens with zero attached hydrogens (tertiary/aromatic N) is 3. The fourth-order valence-corrected chi connectivity index (χ4v) is 3.61. The molecule has 0 N–H and O–H groups in total. The Bertz CT molecular complexity index is 1130. The summed E-state index contributed by atoms with van der Waals surface area (Å²) >= 11 is 0. The molecule has 1 atom stereocenters. The van der Waals surface area contributed by atoms with Crippen LogP contribution < -0.4 is 4.74 Å². The largest absolute Gasteiger partial charge is 0.480 e. The monoisotopic (exact) mass is 449 g/mol. The normalized spacial score (nSPS) is 11.6. The number of carbonyl (C=O) groups excluding carboxylic acids is 1. The van der Waals surface area contributed by atoms with Gasteiger partial charge in [-0.1, -0.05) is 40.9 Å². The van der Waals surface area contributed by atoms with Crippen molar-refractivity contribution in [3.8, 4) is 28.7 Å². The van der Waals surface area contributed by atoms with Crippen molar-refractivity contribution < 1.29 is 19.0 Å². The maximum absolute atomic E-state index is 13.0. The van der Waals surface area contributed by atoms with Crippen molar-refractivity contribution in [2.45, 2.75) is 60.2 Å². The Labute approximate surface area is 195 Å². The van der Waals surface area contributed by atoms with Crippen LogP contribution >= 0.6 is 0 Å². The lowest BCUT2D eigenvalue weighted by molar-refractivity contribution is -0.164. The average molecular weight is 450 g/mol. The quantitative estimate of drug-likeness (QED) is 0.155. The zero-order chi connectivity index (χ0) is 24.8. The number of esters is 1. The summed E-state index contributed by atoms with van der Waals surface area (Å²) in [6, 6.07) is 7.95. The van der Waals surface area contributed by atoms with E-state index in [9.17, 15) is 10.3 Å². The molecule has 174 valence electrons. The molecule has 0 aromatic heterocycles. The maximum Gasteiger partial charge on any atom is 0.339 e. The first-order valence-corrected chi connectivity index (χ1v) is 10.6. The zero-order valence-corrected chi connectivity index (χ0v) is 20.6. The molecule has 0 unspecified atom stereocenters. The Hall–Kier alpha value is -3.46. The van der Waals surface area contributed by atoms with Gasteiger partial charge in [0.25, 0.3) is 0 Å². The van der Waals surface area contributed by atoms with Crippen LogP contribution in [0.2, 0.25) is 0 Å². The molecule has 0 radical (unpaired) electrons. The topological polar surface area (TPSA) is 93.5 Å². The minimum atomic E-state index is -1.04. The molecule has 0 saturated heterocycles. The first kappa shape index (κ1) is 25.8. The molecule has 2 aromatic carbocycles. The van der Waals surface area contributed by atoms with Gasteiger partial charge in [0.2, 0.25) is 0 Å². The number of aryl methyl sites for hydroxylation is 1. The van der Waals surface area contributed by atoms with Crippen LogP contribution in [0.3, 0.4) is 0 Å². The fraction of sp³-hybridized carbons (Fsp3) is 0.423. The lowest BCUT2D eigenvalue weighted by Gasteiger charge is -2.30. The molecule has 0 aliphatic rings. The Balaban J connectivity index is 3.00. The molecule has 2 rings (SSSR count). The number of methoxy groups -OCH3 is 1. The molecule has 0 aliphatic carbocycles. The Morgan fingerprint density at radius 3 is 2.30 bits per heavy atom. The van der Waals surface area contributed by atoms with Gasteiger partial charge < -0.3 is 14.2 Å². The van der Waals surface area contributed by atoms with Gasteiger partial charge in [-0.15, -0.1) is 5.92 Å². The second kappa shape index (κ2) is 10.9. The molecule has 0 fully saturated rings. The van der Waals surface area contributed by atoms with E-state index in [0.29, 0.717) is 28.1 Å². The molecule has 0 spiro atoms. The van der Waals surface area contributed by atoms with Crippen molar-refractivity contribution in [1.29, 1.82) is 0 Å². The molecular formula is C26H31N3O4. The average Bonchev–Trinajstić information content (AvgIpc) is 2.76. The third-order valence-electron chi connectivity index (χ3n) is 5.06. The van der Waals surface area contributed by atoms with E-state index >= 15 is 0 Å². The fourth-order valence-electron chi connectivity index (χ4n) is 3.61. The highest BCUT2D eigenvalue weighted by Gasteiger charge is 2.34. The molecule has 7 heteroatoms. The van der Waals surface area contributed by atoms with Crippen LogP contribution in [0.15, 0.2) is 29.4 Å². The molecule has 0 amide bonds. The van der Waals surface area contributed by atoms with Crippen molar-refractivity contribution >= 4 is 11.7 Å². The molecule has 0 bridgehead atoms. The van der Waals surface area contributed by atoms with Gasteiger partial charge >= 0.3 is 5.97 Å². The summed E-state index contributed by atoms with van der Waals surface area (Å²) in [7, 11) is 1.32. The highest BCUT2D eigenvalue weighted by Crippen LogP contribution is 2.47. The Morgan fingerprint density at radius 2 is 1.79 bits per heavy atom. The van der Waals surface area contributed by atoms with E-state index in [4.69, 9.17) is 14.2 Å². The van der Waals surface area contributed by atoms with Crippen LogP contribution in [0.1, 0.15) is 56.1 Å². The summed E-state index contributed by atoms with van der Waals surface area (Å²) < 4.78 is 17.3. The van der Waals surface area contributed by atoms with E-state index in [-0.39, 0.29) is 6.61 Å². The summed E-state index contributed by atoms with van der Waals surface area (Å²) in [6.45, 7) is 13.1. The van der Waals surface area contributed by atoms with Gasteiger partial charge in [0.1, 0.15) is 12.4 Å². The van der Waals surface area contributed by atoms with Crippen LogP contribution in [0.4, 0.5) is 5.69 Å². The predicted molar refractivity (Wildman–Crippen MR) is 129 cm³/mol. The highest BCUT2D eigenvalue weighted by atomic mass is 16.6. The number of hydrogen-bond acceptors (Lipinski definition) is 5. The first-order chi connectivity index (χ1) is 15.6. The molecule has 2 aromatic rings. The summed E-state index contributed by atoms with van der Waals surface area (Å²) in [6.07, 6.45) is -1.04. The molecule has 7 nitrogen and oxygen atoms in total. The first-order valence-electron chi connectivity index (χ1n) is 10.6. The Kier molecular flexibility index (Phi) is 8.53. The van der Waals surface area contributed by atoms with Gasteiger partial charge in [-0.3, -0.25) is 0 Å². The summed E-state index contributed by atoms with van der Waals surface area (Å²) in [5.74, 6) is 5.54. The smallest absolute Gasteiger partial charge is 0.339 e. The van der Waals surface area contributed by atoms with E-state index in [1.54, 1.807) is 13.8 Å². The minimum absolute atomic E-state index is 0.135. The number of benzene rings is 2. The summed E-state index contributed by atoms with van der Waals surface area (Å²) in [4.78, 5) is 16.0. The highest BCUT2D eigenvalue weighted by molar-refractivity contribution is 5.87. The van der Waals surface area contributed by atoms with Crippen LogP contribution in [0, 0.1) is 32.6 Å². The summed E-state index contributed by atoms with van der Waals surface area (Å²) in [5.41, 5.74) is 13.5. The predicted octanol–water partition coefficient (Wildman–Crippen LogP) is 6.65. The number of ether oxygens (including phenoxy) is 3. The van der Waals surface area contributed by atoms with Gasteiger partial charge in [0.05, 0.1) is 18.4 Å². The maximum atomic E-state index is 13.0. The molecule has 0 heterocycles. The molecular weight excluding hydrogens is 418 g/mol. The van der Waals surface area contributed by atoms with Gasteiger partial charge in [-0.25, -0.2) is 4.79 Å². The van der Waals surface area contributed by atoms with Gasteiger partial charge in [0, 0.05) is 10.5 Å². The van der Waals surface area contributed by atoms with E-state index in [1.807, 2.05) is 58.9 Å². The number of azide groups is 1. The number of hydrogen-bond donors (Lipinski definition) is 0. The van der Waals surface area contributed by atoms with Crippen LogP contribution in [0.5, 0.6) is 5.75 Å². The SMILES string of the molecule is CC#CCOc1c(C)c(-c2ccc(C)cc2)c([C@H](OC(C)(C)C)C(=O)OC)c(C)c1N=[N+]=[N-]. The standard InChI is InChI=1S/C26H31N3O4/c1-9-10-15-32-23-18(4)20(19-13-11-16(2)12-14-19)21(17(3)22(23)28-29-27)24(25(30)31-8)33-26(5,6)7/h11-14,24H,15H2,1-8H3/t24-/m0/s1. The minimum Gasteiger partial charge on any atom is -0.480 e. The van der Waals surface area contributed by atoms with Crippen molar-refractivity contribution in [3.63, 3.8) is 0 Å².